The van der Waals surface area contributed by atoms with E-state index in [-0.39, 0.29) is 0 Å². The maximum absolute atomic E-state index is 3.53. The summed E-state index contributed by atoms with van der Waals surface area (Å²) < 4.78 is 0. The molecule has 0 aliphatic carbocycles. The number of benzene rings is 2. The summed E-state index contributed by atoms with van der Waals surface area (Å²) >= 11 is 0. The molecule has 1 saturated heterocycles. The van der Waals surface area contributed by atoms with E-state index in [9.17, 15) is 0 Å². The molecule has 0 spiro atoms. The molecule has 2 aromatic carbocycles. The van der Waals surface area contributed by atoms with Gasteiger partial charge in [0.15, 0.2) is 0 Å². The quantitative estimate of drug-likeness (QED) is 0.866. The monoisotopic (exact) mass is 252 g/mol. The van der Waals surface area contributed by atoms with Crippen LogP contribution in [0.15, 0.2) is 54.6 Å². The molecule has 1 aliphatic rings. The van der Waals surface area contributed by atoms with Crippen molar-refractivity contribution in [3.05, 3.63) is 65.7 Å². The molecule has 1 fully saturated rings. The lowest BCUT2D eigenvalue weighted by molar-refractivity contribution is 0.648. The molecule has 0 saturated carbocycles. The minimum atomic E-state index is 0.558. The Balaban J connectivity index is 1.60. The predicted molar refractivity (Wildman–Crippen MR) is 80.2 cm³/mol. The largest absolute Gasteiger partial charge is 0.381 e. The van der Waals surface area contributed by atoms with Gasteiger partial charge in [0.05, 0.1) is 0 Å². The van der Waals surface area contributed by atoms with Crippen LogP contribution < -0.4 is 10.6 Å². The summed E-state index contributed by atoms with van der Waals surface area (Å²) in [5.41, 5.74) is 3.90. The lowest BCUT2D eigenvalue weighted by Gasteiger charge is -2.12. The van der Waals surface area contributed by atoms with Crippen molar-refractivity contribution in [1.82, 2.24) is 5.32 Å². The Hall–Kier alpha value is -1.80. The first-order chi connectivity index (χ1) is 9.42. The van der Waals surface area contributed by atoms with Crippen LogP contribution in [0.1, 0.15) is 30.0 Å². The van der Waals surface area contributed by atoms with Gasteiger partial charge in [0.1, 0.15) is 0 Å². The lowest BCUT2D eigenvalue weighted by Crippen LogP contribution is -2.12. The van der Waals surface area contributed by atoms with E-state index in [0.717, 1.165) is 13.1 Å². The van der Waals surface area contributed by atoms with Gasteiger partial charge in [-0.25, -0.2) is 0 Å². The summed E-state index contributed by atoms with van der Waals surface area (Å²) in [5, 5.41) is 6.99. The first kappa shape index (κ1) is 12.2. The predicted octanol–water partition coefficient (Wildman–Crippen LogP) is 3.72. The van der Waals surface area contributed by atoms with Gasteiger partial charge >= 0.3 is 0 Å². The van der Waals surface area contributed by atoms with E-state index in [1.807, 2.05) is 6.07 Å². The number of hydrogen-bond acceptors (Lipinski definition) is 2. The Labute approximate surface area is 114 Å². The third-order valence-electron chi connectivity index (χ3n) is 3.71. The standard InChI is InChI=1S/C17H20N2/c1-2-5-14(6-3-1)13-19-16-10-8-15(9-11-16)17-7-4-12-18-17/h1-3,5-6,8-11,17-19H,4,7,12-13H2/t17-/m0/s1. The second kappa shape index (κ2) is 5.89. The van der Waals surface area contributed by atoms with E-state index in [4.69, 9.17) is 0 Å². The molecular formula is C17H20N2. The van der Waals surface area contributed by atoms with Crippen molar-refractivity contribution in [2.24, 2.45) is 0 Å². The molecule has 2 nitrogen and oxygen atoms in total. The SMILES string of the molecule is c1ccc(CNc2ccc([C@@H]3CCCN3)cc2)cc1. The molecule has 2 N–H and O–H groups in total. The Morgan fingerprint density at radius 3 is 2.47 bits per heavy atom. The number of nitrogens with one attached hydrogen (secondary N) is 2. The zero-order chi connectivity index (χ0) is 12.9. The fourth-order valence-corrected chi connectivity index (χ4v) is 2.60. The van der Waals surface area contributed by atoms with Gasteiger partial charge in [0.2, 0.25) is 0 Å². The third kappa shape index (κ3) is 3.15. The van der Waals surface area contributed by atoms with Crippen molar-refractivity contribution in [3.63, 3.8) is 0 Å². The Morgan fingerprint density at radius 2 is 1.79 bits per heavy atom. The highest BCUT2D eigenvalue weighted by Gasteiger charge is 2.15. The zero-order valence-electron chi connectivity index (χ0n) is 11.1. The molecule has 0 bridgehead atoms. The van der Waals surface area contributed by atoms with Gasteiger partial charge in [0.25, 0.3) is 0 Å². The van der Waals surface area contributed by atoms with Crippen LogP contribution in [0, 0.1) is 0 Å². The smallest absolute Gasteiger partial charge is 0.0400 e. The molecule has 2 heteroatoms. The average molecular weight is 252 g/mol. The Kier molecular flexibility index (Phi) is 3.80. The van der Waals surface area contributed by atoms with Crippen LogP contribution in [0.4, 0.5) is 5.69 Å². The fraction of sp³-hybridized carbons (Fsp3) is 0.294. The van der Waals surface area contributed by atoms with Gasteiger partial charge in [-0.3, -0.25) is 0 Å². The summed E-state index contributed by atoms with van der Waals surface area (Å²) in [6.45, 7) is 2.03. The second-order valence-corrected chi connectivity index (χ2v) is 5.11. The highest BCUT2D eigenvalue weighted by molar-refractivity contribution is 5.45. The first-order valence-electron chi connectivity index (χ1n) is 7.03. The van der Waals surface area contributed by atoms with E-state index in [1.54, 1.807) is 0 Å². The minimum absolute atomic E-state index is 0.558. The van der Waals surface area contributed by atoms with Crippen LogP contribution in [0.3, 0.4) is 0 Å². The van der Waals surface area contributed by atoms with Crippen molar-refractivity contribution in [3.8, 4) is 0 Å². The van der Waals surface area contributed by atoms with E-state index in [1.165, 1.54) is 29.7 Å². The Morgan fingerprint density at radius 1 is 1.00 bits per heavy atom. The summed E-state index contributed by atoms with van der Waals surface area (Å²) in [6.07, 6.45) is 2.55. The summed E-state index contributed by atoms with van der Waals surface area (Å²) in [6, 6.07) is 19.9. The van der Waals surface area contributed by atoms with Gasteiger partial charge in [-0.2, -0.15) is 0 Å². The van der Waals surface area contributed by atoms with Crippen molar-refractivity contribution in [1.29, 1.82) is 0 Å². The average Bonchev–Trinajstić information content (AvgIpc) is 3.01. The van der Waals surface area contributed by atoms with Crippen LogP contribution in [0.25, 0.3) is 0 Å². The van der Waals surface area contributed by atoms with Crippen molar-refractivity contribution in [2.45, 2.75) is 25.4 Å². The Bertz CT molecular complexity index is 499. The summed E-state index contributed by atoms with van der Waals surface area (Å²) in [4.78, 5) is 0. The number of hydrogen-bond donors (Lipinski definition) is 2. The molecule has 0 unspecified atom stereocenters. The van der Waals surface area contributed by atoms with Gasteiger partial charge in [-0.15, -0.1) is 0 Å². The van der Waals surface area contributed by atoms with Crippen molar-refractivity contribution >= 4 is 5.69 Å². The first-order valence-corrected chi connectivity index (χ1v) is 7.03. The zero-order valence-corrected chi connectivity index (χ0v) is 11.1. The minimum Gasteiger partial charge on any atom is -0.381 e. The van der Waals surface area contributed by atoms with Gasteiger partial charge in [-0.05, 0) is 42.6 Å². The normalized spacial score (nSPS) is 18.4. The highest BCUT2D eigenvalue weighted by Crippen LogP contribution is 2.24. The molecule has 2 aromatic rings. The number of anilines is 1. The highest BCUT2D eigenvalue weighted by atomic mass is 14.9. The third-order valence-corrected chi connectivity index (χ3v) is 3.71. The molecule has 0 aromatic heterocycles. The van der Waals surface area contributed by atoms with Crippen molar-refractivity contribution in [2.75, 3.05) is 11.9 Å². The van der Waals surface area contributed by atoms with E-state index >= 15 is 0 Å². The van der Waals surface area contributed by atoms with E-state index in [2.05, 4.69) is 59.2 Å². The second-order valence-electron chi connectivity index (χ2n) is 5.11. The molecule has 1 atom stereocenters. The molecule has 1 heterocycles. The maximum Gasteiger partial charge on any atom is 0.0400 e. The molecule has 98 valence electrons. The van der Waals surface area contributed by atoms with Crippen molar-refractivity contribution < 1.29 is 0 Å². The summed E-state index contributed by atoms with van der Waals surface area (Å²) in [7, 11) is 0. The van der Waals surface area contributed by atoms with Crippen LogP contribution >= 0.6 is 0 Å². The maximum atomic E-state index is 3.53. The van der Waals surface area contributed by atoms with Gasteiger partial charge in [0, 0.05) is 18.3 Å². The van der Waals surface area contributed by atoms with E-state index < -0.39 is 0 Å². The molecule has 1 aliphatic heterocycles. The molecule has 0 radical (unpaired) electrons. The van der Waals surface area contributed by atoms with Crippen LogP contribution in [0.2, 0.25) is 0 Å². The van der Waals surface area contributed by atoms with E-state index in [0.29, 0.717) is 6.04 Å². The lowest BCUT2D eigenvalue weighted by atomic mass is 10.1. The molecular weight excluding hydrogens is 232 g/mol. The molecule has 19 heavy (non-hydrogen) atoms. The topological polar surface area (TPSA) is 24.1 Å². The van der Waals surface area contributed by atoms with Crippen LogP contribution in [-0.4, -0.2) is 6.54 Å². The van der Waals surface area contributed by atoms with Crippen LogP contribution in [-0.2, 0) is 6.54 Å². The fourth-order valence-electron chi connectivity index (χ4n) is 2.60. The van der Waals surface area contributed by atoms with Gasteiger partial charge in [-0.1, -0.05) is 42.5 Å². The number of rotatable bonds is 4. The molecule has 0 amide bonds. The van der Waals surface area contributed by atoms with Crippen LogP contribution in [0.5, 0.6) is 0 Å². The summed E-state index contributed by atoms with van der Waals surface area (Å²) in [5.74, 6) is 0. The molecule has 3 rings (SSSR count). The van der Waals surface area contributed by atoms with Gasteiger partial charge < -0.3 is 10.6 Å².